The summed E-state index contributed by atoms with van der Waals surface area (Å²) in [4.78, 5) is 13.4. The summed E-state index contributed by atoms with van der Waals surface area (Å²) in [5.41, 5.74) is 2.23. The number of imidazole rings is 1. The van der Waals surface area contributed by atoms with E-state index in [-0.39, 0.29) is 0 Å². The minimum atomic E-state index is 0.354. The quantitative estimate of drug-likeness (QED) is 0.513. The fourth-order valence-corrected chi connectivity index (χ4v) is 1.78. The molecule has 0 spiro atoms. The first-order valence-corrected chi connectivity index (χ1v) is 4.18. The van der Waals surface area contributed by atoms with Crippen molar-refractivity contribution in [3.8, 4) is 0 Å². The average Bonchev–Trinajstić information content (AvgIpc) is 2.56. The van der Waals surface area contributed by atoms with Crippen LogP contribution in [-0.2, 0) is 24.4 Å². The third-order valence-electron chi connectivity index (χ3n) is 2.03. The summed E-state index contributed by atoms with van der Waals surface area (Å²) >= 11 is 5.05. The number of carbonyl (C=O) groups is 1. The Morgan fingerprint density at radius 3 is 3.17 bits per heavy atom. The lowest BCUT2D eigenvalue weighted by molar-refractivity contribution is -0.108. The molecule has 0 atom stereocenters. The van der Waals surface area contributed by atoms with Crippen LogP contribution in [0.3, 0.4) is 0 Å². The molecule has 2 heterocycles. The van der Waals surface area contributed by atoms with E-state index in [2.05, 4.69) is 10.3 Å². The van der Waals surface area contributed by atoms with Crippen LogP contribution in [0.15, 0.2) is 0 Å². The van der Waals surface area contributed by atoms with E-state index in [4.69, 9.17) is 12.2 Å². The summed E-state index contributed by atoms with van der Waals surface area (Å²) in [6, 6.07) is 0. The molecule has 5 heteroatoms. The standard InChI is InChI=1S/C7H9N3OS/c11-2-1-10-6-4-8-3-5(6)9-7(10)12/h2,8H,1,3-4H2,(H,9,12). The number of hydrogen-bond acceptors (Lipinski definition) is 3. The monoisotopic (exact) mass is 183 g/mol. The number of carbonyl (C=O) groups excluding carboxylic acids is 1. The third-order valence-corrected chi connectivity index (χ3v) is 2.35. The summed E-state index contributed by atoms with van der Waals surface area (Å²) in [5, 5.41) is 3.18. The molecule has 0 unspecified atom stereocenters. The molecule has 0 saturated carbocycles. The van der Waals surface area contributed by atoms with Crippen LogP contribution >= 0.6 is 12.2 Å². The fraction of sp³-hybridized carbons (Fsp3) is 0.429. The molecule has 0 amide bonds. The van der Waals surface area contributed by atoms with E-state index in [0.717, 1.165) is 30.8 Å². The summed E-state index contributed by atoms with van der Waals surface area (Å²) < 4.78 is 2.48. The Morgan fingerprint density at radius 1 is 1.58 bits per heavy atom. The van der Waals surface area contributed by atoms with E-state index in [0.29, 0.717) is 11.3 Å². The lowest BCUT2D eigenvalue weighted by Crippen LogP contribution is -2.08. The highest BCUT2D eigenvalue weighted by atomic mass is 32.1. The van der Waals surface area contributed by atoms with E-state index in [1.807, 2.05) is 4.57 Å². The van der Waals surface area contributed by atoms with Gasteiger partial charge in [-0.05, 0) is 12.2 Å². The first kappa shape index (κ1) is 7.70. The van der Waals surface area contributed by atoms with E-state index in [9.17, 15) is 4.79 Å². The SMILES string of the molecule is O=CCn1c2c([nH]c1=S)CNC2. The molecular weight excluding hydrogens is 174 g/mol. The van der Waals surface area contributed by atoms with Gasteiger partial charge in [0.15, 0.2) is 4.77 Å². The summed E-state index contributed by atoms with van der Waals surface area (Å²) in [6.45, 7) is 1.98. The van der Waals surface area contributed by atoms with Crippen molar-refractivity contribution in [3.05, 3.63) is 16.2 Å². The fourth-order valence-electron chi connectivity index (χ4n) is 1.48. The Morgan fingerprint density at radius 2 is 2.42 bits per heavy atom. The van der Waals surface area contributed by atoms with E-state index < -0.39 is 0 Å². The largest absolute Gasteiger partial charge is 0.333 e. The second kappa shape index (κ2) is 2.84. The minimum Gasteiger partial charge on any atom is -0.333 e. The van der Waals surface area contributed by atoms with Crippen molar-refractivity contribution < 1.29 is 4.79 Å². The topological polar surface area (TPSA) is 49.8 Å². The van der Waals surface area contributed by atoms with Crippen molar-refractivity contribution in [2.75, 3.05) is 0 Å². The predicted octanol–water partition coefficient (Wildman–Crippen LogP) is 0.348. The Bertz CT molecular complexity index is 365. The van der Waals surface area contributed by atoms with Crippen LogP contribution in [0, 0.1) is 4.77 Å². The molecule has 0 radical (unpaired) electrons. The summed E-state index contributed by atoms with van der Waals surface area (Å²) in [6.07, 6.45) is 0.863. The Labute approximate surface area is 74.6 Å². The lowest BCUT2D eigenvalue weighted by Gasteiger charge is -1.99. The normalized spacial score (nSPS) is 14.7. The summed E-state index contributed by atoms with van der Waals surface area (Å²) in [5.74, 6) is 0. The van der Waals surface area contributed by atoms with Crippen molar-refractivity contribution in [1.29, 1.82) is 0 Å². The highest BCUT2D eigenvalue weighted by molar-refractivity contribution is 7.71. The highest BCUT2D eigenvalue weighted by Crippen LogP contribution is 2.13. The zero-order valence-electron chi connectivity index (χ0n) is 6.46. The maximum atomic E-state index is 10.3. The van der Waals surface area contributed by atoms with Gasteiger partial charge in [-0.3, -0.25) is 0 Å². The van der Waals surface area contributed by atoms with Crippen molar-refractivity contribution in [3.63, 3.8) is 0 Å². The molecule has 1 aliphatic heterocycles. The van der Waals surface area contributed by atoms with Crippen LogP contribution in [0.2, 0.25) is 0 Å². The van der Waals surface area contributed by atoms with Crippen LogP contribution < -0.4 is 5.32 Å². The Hall–Kier alpha value is -0.940. The predicted molar refractivity (Wildman–Crippen MR) is 46.2 cm³/mol. The highest BCUT2D eigenvalue weighted by Gasteiger charge is 2.16. The van der Waals surface area contributed by atoms with Gasteiger partial charge in [0, 0.05) is 13.1 Å². The molecule has 1 aliphatic rings. The van der Waals surface area contributed by atoms with Crippen molar-refractivity contribution in [1.82, 2.24) is 14.9 Å². The summed E-state index contributed by atoms with van der Waals surface area (Å²) in [7, 11) is 0. The third kappa shape index (κ3) is 1.02. The van der Waals surface area contributed by atoms with Gasteiger partial charge in [0.2, 0.25) is 0 Å². The van der Waals surface area contributed by atoms with Gasteiger partial charge in [-0.2, -0.15) is 0 Å². The van der Waals surface area contributed by atoms with Crippen LogP contribution in [0.4, 0.5) is 0 Å². The van der Waals surface area contributed by atoms with Gasteiger partial charge in [0.1, 0.15) is 6.29 Å². The molecule has 1 aromatic rings. The number of aldehydes is 1. The van der Waals surface area contributed by atoms with Crippen LogP contribution in [0.1, 0.15) is 11.4 Å². The Kier molecular flexibility index (Phi) is 1.82. The number of fused-ring (bicyclic) bond motifs is 1. The first-order chi connectivity index (χ1) is 5.83. The number of nitrogens with zero attached hydrogens (tertiary/aromatic N) is 1. The van der Waals surface area contributed by atoms with Gasteiger partial charge >= 0.3 is 0 Å². The van der Waals surface area contributed by atoms with E-state index in [1.165, 1.54) is 0 Å². The van der Waals surface area contributed by atoms with Crippen molar-refractivity contribution in [2.24, 2.45) is 0 Å². The number of H-pyrrole nitrogens is 1. The van der Waals surface area contributed by atoms with Gasteiger partial charge in [0.25, 0.3) is 0 Å². The van der Waals surface area contributed by atoms with Crippen molar-refractivity contribution >= 4 is 18.5 Å². The number of rotatable bonds is 2. The van der Waals surface area contributed by atoms with Gasteiger partial charge in [0.05, 0.1) is 17.9 Å². The molecule has 0 saturated heterocycles. The van der Waals surface area contributed by atoms with Crippen LogP contribution in [0.25, 0.3) is 0 Å². The van der Waals surface area contributed by atoms with E-state index >= 15 is 0 Å². The number of aromatic amines is 1. The molecule has 0 fully saturated rings. The van der Waals surface area contributed by atoms with Gasteiger partial charge in [-0.1, -0.05) is 0 Å². The zero-order valence-corrected chi connectivity index (χ0v) is 7.28. The molecule has 0 aliphatic carbocycles. The minimum absolute atomic E-state index is 0.354. The zero-order chi connectivity index (χ0) is 8.55. The maximum absolute atomic E-state index is 10.3. The smallest absolute Gasteiger partial charge is 0.178 e. The molecule has 2 N–H and O–H groups in total. The first-order valence-electron chi connectivity index (χ1n) is 3.78. The average molecular weight is 183 g/mol. The molecule has 0 aromatic carbocycles. The number of aromatic nitrogens is 2. The van der Waals surface area contributed by atoms with Crippen LogP contribution in [0.5, 0.6) is 0 Å². The van der Waals surface area contributed by atoms with Crippen LogP contribution in [-0.4, -0.2) is 15.8 Å². The van der Waals surface area contributed by atoms with Gasteiger partial charge in [-0.25, -0.2) is 0 Å². The Balaban J connectivity index is 2.51. The molecular formula is C7H9N3OS. The molecule has 12 heavy (non-hydrogen) atoms. The molecule has 0 bridgehead atoms. The molecule has 1 aromatic heterocycles. The van der Waals surface area contributed by atoms with Gasteiger partial charge < -0.3 is 19.7 Å². The second-order valence-corrected chi connectivity index (χ2v) is 3.12. The van der Waals surface area contributed by atoms with Gasteiger partial charge in [-0.15, -0.1) is 0 Å². The lowest BCUT2D eigenvalue weighted by atomic mass is 10.4. The second-order valence-electron chi connectivity index (χ2n) is 2.74. The molecule has 2 rings (SSSR count). The number of hydrogen-bond donors (Lipinski definition) is 2. The number of nitrogens with one attached hydrogen (secondary N) is 2. The molecule has 4 nitrogen and oxygen atoms in total. The maximum Gasteiger partial charge on any atom is 0.178 e. The van der Waals surface area contributed by atoms with E-state index in [1.54, 1.807) is 0 Å². The molecule has 64 valence electrons. The van der Waals surface area contributed by atoms with Crippen molar-refractivity contribution in [2.45, 2.75) is 19.6 Å².